The SMILES string of the molecule is CCCCCCCCCC(CSCCC)NC. The van der Waals surface area contributed by atoms with Gasteiger partial charge in [-0.05, 0) is 25.6 Å². The highest BCUT2D eigenvalue weighted by Gasteiger charge is 2.05. The minimum Gasteiger partial charge on any atom is -0.316 e. The highest BCUT2D eigenvalue weighted by molar-refractivity contribution is 7.99. The van der Waals surface area contributed by atoms with Crippen LogP contribution in [-0.4, -0.2) is 24.6 Å². The maximum atomic E-state index is 3.45. The lowest BCUT2D eigenvalue weighted by Crippen LogP contribution is -2.27. The van der Waals surface area contributed by atoms with Crippen molar-refractivity contribution in [3.63, 3.8) is 0 Å². The van der Waals surface area contributed by atoms with Gasteiger partial charge in [-0.1, -0.05) is 58.8 Å². The highest BCUT2D eigenvalue weighted by Crippen LogP contribution is 2.12. The minimum atomic E-state index is 0.738. The van der Waals surface area contributed by atoms with Gasteiger partial charge >= 0.3 is 0 Å². The zero-order valence-corrected chi connectivity index (χ0v) is 13.1. The van der Waals surface area contributed by atoms with E-state index in [1.54, 1.807) is 0 Å². The van der Waals surface area contributed by atoms with Crippen LogP contribution < -0.4 is 5.32 Å². The van der Waals surface area contributed by atoms with Crippen LogP contribution >= 0.6 is 11.8 Å². The molecule has 0 aromatic rings. The van der Waals surface area contributed by atoms with Crippen LogP contribution in [0.4, 0.5) is 0 Å². The van der Waals surface area contributed by atoms with Crippen molar-refractivity contribution < 1.29 is 0 Å². The summed E-state index contributed by atoms with van der Waals surface area (Å²) in [6.45, 7) is 4.54. The molecule has 0 amide bonds. The molecule has 0 fully saturated rings. The lowest BCUT2D eigenvalue weighted by molar-refractivity contribution is 0.511. The Morgan fingerprint density at radius 2 is 1.53 bits per heavy atom. The summed E-state index contributed by atoms with van der Waals surface area (Å²) in [5.41, 5.74) is 0. The van der Waals surface area contributed by atoms with Crippen molar-refractivity contribution in [1.29, 1.82) is 0 Å². The van der Waals surface area contributed by atoms with Gasteiger partial charge in [0, 0.05) is 11.8 Å². The van der Waals surface area contributed by atoms with Gasteiger partial charge in [-0.3, -0.25) is 0 Å². The Morgan fingerprint density at radius 3 is 2.12 bits per heavy atom. The average Bonchev–Trinajstić information content (AvgIpc) is 2.35. The maximum Gasteiger partial charge on any atom is 0.0155 e. The Labute approximate surface area is 114 Å². The summed E-state index contributed by atoms with van der Waals surface area (Å²) in [4.78, 5) is 0. The summed E-state index contributed by atoms with van der Waals surface area (Å²) >= 11 is 2.10. The Hall–Kier alpha value is 0.310. The van der Waals surface area contributed by atoms with E-state index in [0.717, 1.165) is 6.04 Å². The molecule has 1 unspecified atom stereocenters. The van der Waals surface area contributed by atoms with E-state index >= 15 is 0 Å². The number of unbranched alkanes of at least 4 members (excludes halogenated alkanes) is 6. The van der Waals surface area contributed by atoms with Crippen molar-refractivity contribution >= 4 is 11.8 Å². The molecule has 1 nitrogen and oxygen atoms in total. The standard InChI is InChI=1S/C15H33NS/c1-4-6-7-8-9-10-11-12-15(16-3)14-17-13-5-2/h15-16H,4-14H2,1-3H3. The fraction of sp³-hybridized carbons (Fsp3) is 1.00. The van der Waals surface area contributed by atoms with Gasteiger partial charge in [0.25, 0.3) is 0 Å². The number of rotatable bonds is 13. The predicted octanol–water partition coefficient (Wildman–Crippen LogP) is 4.86. The van der Waals surface area contributed by atoms with Crippen molar-refractivity contribution in [2.75, 3.05) is 18.6 Å². The topological polar surface area (TPSA) is 12.0 Å². The second kappa shape index (κ2) is 14.4. The normalized spacial score (nSPS) is 12.9. The monoisotopic (exact) mass is 259 g/mol. The zero-order chi connectivity index (χ0) is 12.8. The highest BCUT2D eigenvalue weighted by atomic mass is 32.2. The minimum absolute atomic E-state index is 0.738. The largest absolute Gasteiger partial charge is 0.316 e. The van der Waals surface area contributed by atoms with E-state index in [2.05, 4.69) is 38.0 Å². The molecule has 0 aromatic heterocycles. The molecule has 0 aliphatic heterocycles. The Balaban J connectivity index is 3.25. The third-order valence-electron chi connectivity index (χ3n) is 3.23. The van der Waals surface area contributed by atoms with E-state index in [0.29, 0.717) is 0 Å². The summed E-state index contributed by atoms with van der Waals surface area (Å²) in [6.07, 6.45) is 12.6. The van der Waals surface area contributed by atoms with Crippen LogP contribution in [-0.2, 0) is 0 Å². The van der Waals surface area contributed by atoms with Gasteiger partial charge in [0.15, 0.2) is 0 Å². The summed E-state index contributed by atoms with van der Waals surface area (Å²) in [5.74, 6) is 2.61. The summed E-state index contributed by atoms with van der Waals surface area (Å²) in [7, 11) is 2.11. The second-order valence-electron chi connectivity index (χ2n) is 4.97. The van der Waals surface area contributed by atoms with Gasteiger partial charge in [-0.15, -0.1) is 0 Å². The van der Waals surface area contributed by atoms with Gasteiger partial charge in [-0.2, -0.15) is 11.8 Å². The van der Waals surface area contributed by atoms with Crippen LogP contribution in [0, 0.1) is 0 Å². The fourth-order valence-corrected chi connectivity index (χ4v) is 3.10. The van der Waals surface area contributed by atoms with Crippen LogP contribution in [0.2, 0.25) is 0 Å². The molecule has 0 aliphatic carbocycles. The molecule has 1 N–H and O–H groups in total. The predicted molar refractivity (Wildman–Crippen MR) is 83.1 cm³/mol. The third kappa shape index (κ3) is 12.6. The van der Waals surface area contributed by atoms with E-state index in [9.17, 15) is 0 Å². The first-order chi connectivity index (χ1) is 8.35. The van der Waals surface area contributed by atoms with Gasteiger partial charge in [0.2, 0.25) is 0 Å². The smallest absolute Gasteiger partial charge is 0.0155 e. The molecule has 104 valence electrons. The summed E-state index contributed by atoms with van der Waals surface area (Å²) < 4.78 is 0. The molecule has 2 heteroatoms. The molecule has 1 atom stereocenters. The molecular weight excluding hydrogens is 226 g/mol. The van der Waals surface area contributed by atoms with E-state index in [-0.39, 0.29) is 0 Å². The Kier molecular flexibility index (Phi) is 14.6. The van der Waals surface area contributed by atoms with Crippen molar-refractivity contribution in [1.82, 2.24) is 5.32 Å². The molecule has 0 saturated carbocycles. The quantitative estimate of drug-likeness (QED) is 0.474. The van der Waals surface area contributed by atoms with E-state index in [1.165, 1.54) is 69.3 Å². The van der Waals surface area contributed by atoms with Crippen molar-refractivity contribution in [3.8, 4) is 0 Å². The van der Waals surface area contributed by atoms with Gasteiger partial charge in [0.05, 0.1) is 0 Å². The molecule has 0 rings (SSSR count). The first-order valence-electron chi connectivity index (χ1n) is 7.60. The fourth-order valence-electron chi connectivity index (χ4n) is 2.03. The Bertz CT molecular complexity index is 139. The van der Waals surface area contributed by atoms with E-state index < -0.39 is 0 Å². The second-order valence-corrected chi connectivity index (χ2v) is 6.12. The molecule has 0 aliphatic rings. The maximum absolute atomic E-state index is 3.45. The van der Waals surface area contributed by atoms with Gasteiger partial charge in [0.1, 0.15) is 0 Å². The summed E-state index contributed by atoms with van der Waals surface area (Å²) in [5, 5.41) is 3.45. The van der Waals surface area contributed by atoms with E-state index in [1.807, 2.05) is 0 Å². The average molecular weight is 260 g/mol. The van der Waals surface area contributed by atoms with Crippen molar-refractivity contribution in [3.05, 3.63) is 0 Å². The number of nitrogens with one attached hydrogen (secondary N) is 1. The van der Waals surface area contributed by atoms with Crippen LogP contribution in [0.15, 0.2) is 0 Å². The summed E-state index contributed by atoms with van der Waals surface area (Å²) in [6, 6.07) is 0.738. The molecule has 0 saturated heterocycles. The first kappa shape index (κ1) is 17.3. The molecule has 0 aromatic carbocycles. The molecular formula is C15H33NS. The zero-order valence-electron chi connectivity index (χ0n) is 12.3. The van der Waals surface area contributed by atoms with Crippen LogP contribution in [0.25, 0.3) is 0 Å². The number of hydrogen-bond donors (Lipinski definition) is 1. The molecule has 0 heterocycles. The van der Waals surface area contributed by atoms with E-state index in [4.69, 9.17) is 0 Å². The number of hydrogen-bond acceptors (Lipinski definition) is 2. The lowest BCUT2D eigenvalue weighted by atomic mass is 10.1. The molecule has 0 spiro atoms. The van der Waals surface area contributed by atoms with Crippen molar-refractivity contribution in [2.24, 2.45) is 0 Å². The third-order valence-corrected chi connectivity index (χ3v) is 4.57. The Morgan fingerprint density at radius 1 is 0.882 bits per heavy atom. The van der Waals surface area contributed by atoms with Crippen LogP contribution in [0.1, 0.15) is 71.6 Å². The first-order valence-corrected chi connectivity index (χ1v) is 8.75. The van der Waals surface area contributed by atoms with Gasteiger partial charge < -0.3 is 5.32 Å². The van der Waals surface area contributed by atoms with Gasteiger partial charge in [-0.25, -0.2) is 0 Å². The molecule has 17 heavy (non-hydrogen) atoms. The lowest BCUT2D eigenvalue weighted by Gasteiger charge is -2.15. The molecule has 0 bridgehead atoms. The van der Waals surface area contributed by atoms with Crippen LogP contribution in [0.5, 0.6) is 0 Å². The van der Waals surface area contributed by atoms with Crippen LogP contribution in [0.3, 0.4) is 0 Å². The number of thioether (sulfide) groups is 1. The van der Waals surface area contributed by atoms with Crippen molar-refractivity contribution in [2.45, 2.75) is 77.7 Å². The molecule has 0 radical (unpaired) electrons.